The van der Waals surface area contributed by atoms with Crippen molar-refractivity contribution in [2.24, 2.45) is 5.92 Å². The number of aliphatic hydroxyl groups is 2. The Labute approximate surface area is 237 Å². The van der Waals surface area contributed by atoms with Crippen LogP contribution in [0.5, 0.6) is 11.5 Å². The maximum absolute atomic E-state index is 11.9. The number of phenolic OH excluding ortho intramolecular Hbond substituents is 2. The Morgan fingerprint density at radius 3 is 1.41 bits per heavy atom. The van der Waals surface area contributed by atoms with Gasteiger partial charge in [0, 0.05) is 30.3 Å². The highest BCUT2D eigenvalue weighted by atomic mass is 16.3. The van der Waals surface area contributed by atoms with Crippen molar-refractivity contribution >= 4 is 0 Å². The second-order valence-corrected chi connectivity index (χ2v) is 13.9. The Morgan fingerprint density at radius 1 is 0.641 bits per heavy atom. The molecule has 0 unspecified atom stereocenters. The number of benzene rings is 2. The molecule has 0 bridgehead atoms. The van der Waals surface area contributed by atoms with E-state index in [4.69, 9.17) is 0 Å². The van der Waals surface area contributed by atoms with Gasteiger partial charge in [0.25, 0.3) is 0 Å². The summed E-state index contributed by atoms with van der Waals surface area (Å²) in [6.45, 7) is 13.3. The summed E-state index contributed by atoms with van der Waals surface area (Å²) in [4.78, 5) is 0. The average Bonchev–Trinajstić information content (AvgIpc) is 2.87. The second kappa shape index (κ2) is 13.5. The molecule has 4 heteroatoms. The molecule has 3 rings (SSSR count). The van der Waals surface area contributed by atoms with E-state index < -0.39 is 0 Å². The maximum Gasteiger partial charge on any atom is 0.123 e. The Morgan fingerprint density at radius 2 is 1.05 bits per heavy atom. The topological polar surface area (TPSA) is 80.9 Å². The number of aliphatic hydroxyl groups excluding tert-OH is 2. The minimum atomic E-state index is -0.228. The van der Waals surface area contributed by atoms with E-state index in [0.29, 0.717) is 17.4 Å². The number of hydrogen-bond donors (Lipinski definition) is 4. The van der Waals surface area contributed by atoms with Crippen molar-refractivity contribution in [3.63, 3.8) is 0 Å². The minimum absolute atomic E-state index is 0.0944. The lowest BCUT2D eigenvalue weighted by atomic mass is 9.70. The average molecular weight is 539 g/mol. The molecule has 0 spiro atoms. The van der Waals surface area contributed by atoms with Gasteiger partial charge in [0.1, 0.15) is 11.5 Å². The zero-order valence-electron chi connectivity index (χ0n) is 25.4. The summed E-state index contributed by atoms with van der Waals surface area (Å²) in [6.07, 6.45) is 10.8. The van der Waals surface area contributed by atoms with Crippen LogP contribution in [0, 0.1) is 5.92 Å². The van der Waals surface area contributed by atoms with Gasteiger partial charge in [-0.25, -0.2) is 0 Å². The molecule has 0 saturated heterocycles. The third-order valence-corrected chi connectivity index (χ3v) is 8.55. The van der Waals surface area contributed by atoms with E-state index >= 15 is 0 Å². The first kappa shape index (κ1) is 31.5. The number of hydrogen-bond acceptors (Lipinski definition) is 4. The molecule has 4 nitrogen and oxygen atoms in total. The van der Waals surface area contributed by atoms with Gasteiger partial charge in [-0.3, -0.25) is 0 Å². The summed E-state index contributed by atoms with van der Waals surface area (Å²) in [6, 6.07) is 8.69. The van der Waals surface area contributed by atoms with E-state index in [1.807, 2.05) is 0 Å². The predicted molar refractivity (Wildman–Crippen MR) is 162 cm³/mol. The molecule has 0 radical (unpaired) electrons. The monoisotopic (exact) mass is 538 g/mol. The SMILES string of the molecule is CC(C)(C)c1cc(CCCCO)cc(C(c2cc(CCCCO)cc(C(C)(C)C)c2O)C2CCCCC2)c1O. The summed E-state index contributed by atoms with van der Waals surface area (Å²) in [7, 11) is 0. The van der Waals surface area contributed by atoms with Crippen molar-refractivity contribution < 1.29 is 20.4 Å². The van der Waals surface area contributed by atoms with Crippen molar-refractivity contribution in [2.75, 3.05) is 13.2 Å². The smallest absolute Gasteiger partial charge is 0.123 e. The van der Waals surface area contributed by atoms with Crippen molar-refractivity contribution in [1.82, 2.24) is 0 Å². The van der Waals surface area contributed by atoms with Crippen LogP contribution in [-0.2, 0) is 23.7 Å². The van der Waals surface area contributed by atoms with E-state index in [1.165, 1.54) is 30.4 Å². The van der Waals surface area contributed by atoms with Gasteiger partial charge in [-0.1, -0.05) is 85.1 Å². The van der Waals surface area contributed by atoms with Gasteiger partial charge < -0.3 is 20.4 Å². The Bertz CT molecular complexity index is 990. The summed E-state index contributed by atoms with van der Waals surface area (Å²) in [5, 5.41) is 42.5. The van der Waals surface area contributed by atoms with Crippen LogP contribution in [0.15, 0.2) is 24.3 Å². The van der Waals surface area contributed by atoms with Crippen LogP contribution in [0.1, 0.15) is 139 Å². The second-order valence-electron chi connectivity index (χ2n) is 13.9. The van der Waals surface area contributed by atoms with Gasteiger partial charge in [0.2, 0.25) is 0 Å². The highest BCUT2D eigenvalue weighted by molar-refractivity contribution is 5.56. The van der Waals surface area contributed by atoms with Crippen molar-refractivity contribution in [2.45, 2.75) is 129 Å². The molecule has 2 aromatic rings. The molecule has 4 N–H and O–H groups in total. The summed E-state index contributed by atoms with van der Waals surface area (Å²) < 4.78 is 0. The zero-order chi connectivity index (χ0) is 28.8. The van der Waals surface area contributed by atoms with Crippen LogP contribution in [0.2, 0.25) is 0 Å². The minimum Gasteiger partial charge on any atom is -0.507 e. The van der Waals surface area contributed by atoms with Crippen molar-refractivity contribution in [1.29, 1.82) is 0 Å². The van der Waals surface area contributed by atoms with E-state index in [-0.39, 0.29) is 30.0 Å². The lowest BCUT2D eigenvalue weighted by molar-refractivity contribution is 0.284. The summed E-state index contributed by atoms with van der Waals surface area (Å²) in [5.74, 6) is 0.984. The standard InChI is InChI=1S/C35H54O4/c1-34(2,3)29-22-24(14-10-12-18-36)20-27(32(29)38)31(26-16-8-7-9-17-26)28-21-25(15-11-13-19-37)23-30(33(28)39)35(4,5)6/h20-23,26,31,36-39H,7-19H2,1-6H3. The van der Waals surface area contributed by atoms with Crippen molar-refractivity contribution in [3.8, 4) is 11.5 Å². The summed E-state index contributed by atoms with van der Waals surface area (Å²) >= 11 is 0. The highest BCUT2D eigenvalue weighted by Crippen LogP contribution is 2.50. The van der Waals surface area contributed by atoms with Crippen LogP contribution in [-0.4, -0.2) is 33.6 Å². The fourth-order valence-corrected chi connectivity index (χ4v) is 6.37. The lowest BCUT2D eigenvalue weighted by Crippen LogP contribution is -2.22. The highest BCUT2D eigenvalue weighted by Gasteiger charge is 2.35. The molecule has 2 aromatic carbocycles. The molecule has 0 amide bonds. The molecular weight excluding hydrogens is 484 g/mol. The molecule has 39 heavy (non-hydrogen) atoms. The van der Waals surface area contributed by atoms with Crippen molar-refractivity contribution in [3.05, 3.63) is 57.6 Å². The Hall–Kier alpha value is -2.04. The number of rotatable bonds is 11. The van der Waals surface area contributed by atoms with E-state index in [2.05, 4.69) is 65.8 Å². The third-order valence-electron chi connectivity index (χ3n) is 8.55. The van der Waals surface area contributed by atoms with Gasteiger partial charge >= 0.3 is 0 Å². The maximum atomic E-state index is 11.9. The summed E-state index contributed by atoms with van der Waals surface area (Å²) in [5.41, 5.74) is 5.71. The number of aromatic hydroxyl groups is 2. The molecule has 1 aliphatic rings. The molecule has 1 saturated carbocycles. The largest absolute Gasteiger partial charge is 0.507 e. The molecular formula is C35H54O4. The van der Waals surface area contributed by atoms with Gasteiger partial charge in [0.05, 0.1) is 0 Å². The van der Waals surface area contributed by atoms with Gasteiger partial charge in [-0.15, -0.1) is 0 Å². The molecule has 1 fully saturated rings. The first-order valence-electron chi connectivity index (χ1n) is 15.3. The van der Waals surface area contributed by atoms with Gasteiger partial charge in [-0.2, -0.15) is 0 Å². The van der Waals surface area contributed by atoms with Gasteiger partial charge in [0.15, 0.2) is 0 Å². The first-order valence-corrected chi connectivity index (χ1v) is 15.3. The first-order chi connectivity index (χ1) is 18.4. The Kier molecular flexibility index (Phi) is 10.9. The number of unbranched alkanes of at least 4 members (excludes halogenated alkanes) is 2. The van der Waals surface area contributed by atoms with E-state index in [1.54, 1.807) is 0 Å². The van der Waals surface area contributed by atoms with Crippen LogP contribution in [0.25, 0.3) is 0 Å². The zero-order valence-corrected chi connectivity index (χ0v) is 25.4. The van der Waals surface area contributed by atoms with E-state index in [0.717, 1.165) is 73.6 Å². The number of aryl methyl sites for hydroxylation is 2. The molecule has 0 aromatic heterocycles. The normalized spacial score (nSPS) is 15.3. The fourth-order valence-electron chi connectivity index (χ4n) is 6.37. The molecule has 0 atom stereocenters. The predicted octanol–water partition coefficient (Wildman–Crippen LogP) is 8.04. The Balaban J connectivity index is 2.28. The molecule has 0 aliphatic heterocycles. The van der Waals surface area contributed by atoms with Gasteiger partial charge in [-0.05, 0) is 90.4 Å². The van der Waals surface area contributed by atoms with Crippen LogP contribution < -0.4 is 0 Å². The number of phenols is 2. The van der Waals surface area contributed by atoms with Crippen LogP contribution in [0.4, 0.5) is 0 Å². The van der Waals surface area contributed by atoms with E-state index in [9.17, 15) is 20.4 Å². The third kappa shape index (κ3) is 8.01. The molecule has 0 heterocycles. The fraction of sp³-hybridized carbons (Fsp3) is 0.657. The molecule has 1 aliphatic carbocycles. The van der Waals surface area contributed by atoms with Crippen LogP contribution >= 0.6 is 0 Å². The quantitative estimate of drug-likeness (QED) is 0.218. The van der Waals surface area contributed by atoms with Crippen LogP contribution in [0.3, 0.4) is 0 Å². The molecule has 218 valence electrons. The lowest BCUT2D eigenvalue weighted by Gasteiger charge is -2.35.